The van der Waals surface area contributed by atoms with Gasteiger partial charge in [0.2, 0.25) is 0 Å². The number of benzene rings is 2. The second-order valence-corrected chi connectivity index (χ2v) is 4.82. The summed E-state index contributed by atoms with van der Waals surface area (Å²) in [5, 5.41) is 10.6. The van der Waals surface area contributed by atoms with Crippen LogP contribution < -0.4 is 10.5 Å². The maximum Gasteiger partial charge on any atom is 0.271 e. The summed E-state index contributed by atoms with van der Waals surface area (Å²) in [4.78, 5) is 11.8. The van der Waals surface area contributed by atoms with E-state index in [0.717, 1.165) is 15.5 Å². The van der Waals surface area contributed by atoms with Crippen LogP contribution in [0.15, 0.2) is 52.3 Å². The summed E-state index contributed by atoms with van der Waals surface area (Å²) in [5.74, 6) is 0.741. The average Bonchev–Trinajstić information content (AvgIpc) is 2.41. The van der Waals surface area contributed by atoms with E-state index in [0.29, 0.717) is 5.69 Å². The molecule has 0 heterocycles. The Morgan fingerprint density at radius 2 is 1.95 bits per heavy atom. The third kappa shape index (κ3) is 2.97. The number of rotatable bonds is 4. The van der Waals surface area contributed by atoms with Crippen LogP contribution in [0.2, 0.25) is 0 Å². The second kappa shape index (κ2) is 5.62. The van der Waals surface area contributed by atoms with Crippen LogP contribution in [-0.2, 0) is 0 Å². The number of hydrogen-bond donors (Lipinski definition) is 1. The SMILES string of the molecule is COc1ccccc1Sc1ccc([N+](=O)[O-])cc1N. The molecule has 0 atom stereocenters. The van der Waals surface area contributed by atoms with Gasteiger partial charge < -0.3 is 10.5 Å². The Morgan fingerprint density at radius 1 is 1.21 bits per heavy atom. The quantitative estimate of drug-likeness (QED) is 0.526. The number of anilines is 1. The molecule has 2 N–H and O–H groups in total. The van der Waals surface area contributed by atoms with Gasteiger partial charge in [-0.3, -0.25) is 10.1 Å². The number of hydrogen-bond acceptors (Lipinski definition) is 5. The predicted molar refractivity (Wildman–Crippen MR) is 74.6 cm³/mol. The molecule has 0 amide bonds. The van der Waals surface area contributed by atoms with E-state index in [9.17, 15) is 10.1 Å². The van der Waals surface area contributed by atoms with Crippen LogP contribution in [0.25, 0.3) is 0 Å². The second-order valence-electron chi connectivity index (χ2n) is 3.73. The molecule has 98 valence electrons. The maximum absolute atomic E-state index is 10.6. The normalized spacial score (nSPS) is 10.2. The first kappa shape index (κ1) is 13.2. The van der Waals surface area contributed by atoms with E-state index >= 15 is 0 Å². The number of nitrogens with two attached hydrogens (primary N) is 1. The van der Waals surface area contributed by atoms with Gasteiger partial charge in [-0.1, -0.05) is 23.9 Å². The molecule has 0 saturated carbocycles. The van der Waals surface area contributed by atoms with Crippen molar-refractivity contribution < 1.29 is 9.66 Å². The minimum Gasteiger partial charge on any atom is -0.496 e. The number of nitro benzene ring substituents is 1. The highest BCUT2D eigenvalue weighted by Gasteiger charge is 2.11. The van der Waals surface area contributed by atoms with Gasteiger partial charge in [-0.15, -0.1) is 0 Å². The van der Waals surface area contributed by atoms with Crippen LogP contribution in [0.4, 0.5) is 11.4 Å². The van der Waals surface area contributed by atoms with Gasteiger partial charge in [0.05, 0.1) is 22.6 Å². The fourth-order valence-electron chi connectivity index (χ4n) is 1.56. The molecule has 0 saturated heterocycles. The fraction of sp³-hybridized carbons (Fsp3) is 0.0769. The lowest BCUT2D eigenvalue weighted by Gasteiger charge is -2.09. The number of nitro groups is 1. The van der Waals surface area contributed by atoms with Crippen LogP contribution in [0.5, 0.6) is 5.75 Å². The van der Waals surface area contributed by atoms with Crippen molar-refractivity contribution in [3.05, 3.63) is 52.6 Å². The number of ether oxygens (including phenoxy) is 1. The molecule has 19 heavy (non-hydrogen) atoms. The van der Waals surface area contributed by atoms with E-state index < -0.39 is 4.92 Å². The van der Waals surface area contributed by atoms with Gasteiger partial charge in [0.1, 0.15) is 5.75 Å². The molecule has 0 aliphatic carbocycles. The molecule has 5 nitrogen and oxygen atoms in total. The van der Waals surface area contributed by atoms with Gasteiger partial charge >= 0.3 is 0 Å². The fourth-order valence-corrected chi connectivity index (χ4v) is 2.51. The van der Waals surface area contributed by atoms with Crippen molar-refractivity contribution in [1.29, 1.82) is 0 Å². The zero-order valence-electron chi connectivity index (χ0n) is 10.2. The molecular formula is C13H12N2O3S. The Bertz CT molecular complexity index is 617. The van der Waals surface area contributed by atoms with Gasteiger partial charge in [-0.25, -0.2) is 0 Å². The third-order valence-corrected chi connectivity index (χ3v) is 3.64. The van der Waals surface area contributed by atoms with E-state index in [-0.39, 0.29) is 5.69 Å². The van der Waals surface area contributed by atoms with Crippen LogP contribution in [0.3, 0.4) is 0 Å². The molecule has 6 heteroatoms. The Hall–Kier alpha value is -2.21. The largest absolute Gasteiger partial charge is 0.496 e. The van der Waals surface area contributed by atoms with Crippen molar-refractivity contribution in [2.24, 2.45) is 0 Å². The first-order valence-corrected chi connectivity index (χ1v) is 6.28. The van der Waals surface area contributed by atoms with Crippen molar-refractivity contribution >= 4 is 23.1 Å². The summed E-state index contributed by atoms with van der Waals surface area (Å²) in [6.07, 6.45) is 0. The summed E-state index contributed by atoms with van der Waals surface area (Å²) < 4.78 is 5.25. The van der Waals surface area contributed by atoms with Gasteiger partial charge in [0.25, 0.3) is 5.69 Å². The molecule has 0 radical (unpaired) electrons. The van der Waals surface area contributed by atoms with Crippen LogP contribution in [0.1, 0.15) is 0 Å². The Kier molecular flexibility index (Phi) is 3.91. The molecule has 2 rings (SSSR count). The predicted octanol–water partition coefficient (Wildman–Crippen LogP) is 3.34. The third-order valence-electron chi connectivity index (χ3n) is 2.49. The molecule has 0 aromatic heterocycles. The monoisotopic (exact) mass is 276 g/mol. The first-order valence-electron chi connectivity index (χ1n) is 5.46. The molecule has 0 bridgehead atoms. The molecule has 0 spiro atoms. The van der Waals surface area contributed by atoms with Crippen LogP contribution >= 0.6 is 11.8 Å². The topological polar surface area (TPSA) is 78.4 Å². The Labute approximate surface area is 114 Å². The number of methoxy groups -OCH3 is 1. The smallest absolute Gasteiger partial charge is 0.271 e. The molecule has 2 aromatic rings. The number of nitrogen functional groups attached to an aromatic ring is 1. The molecule has 0 fully saturated rings. The minimum absolute atomic E-state index is 0.0122. The standard InChI is InChI=1S/C13H12N2O3S/c1-18-11-4-2-3-5-13(11)19-12-7-6-9(15(16)17)8-10(12)14/h2-8H,14H2,1H3. The highest BCUT2D eigenvalue weighted by atomic mass is 32.2. The molecule has 0 unspecified atom stereocenters. The minimum atomic E-state index is -0.464. The molecule has 0 aliphatic heterocycles. The van der Waals surface area contributed by atoms with E-state index in [4.69, 9.17) is 10.5 Å². The van der Waals surface area contributed by atoms with E-state index in [2.05, 4.69) is 0 Å². The van der Waals surface area contributed by atoms with Gasteiger partial charge in [0, 0.05) is 17.0 Å². The van der Waals surface area contributed by atoms with Crippen molar-refractivity contribution in [1.82, 2.24) is 0 Å². The van der Waals surface area contributed by atoms with Crippen molar-refractivity contribution in [3.8, 4) is 5.75 Å². The zero-order chi connectivity index (χ0) is 13.8. The number of para-hydroxylation sites is 1. The highest BCUT2D eigenvalue weighted by Crippen LogP contribution is 2.38. The van der Waals surface area contributed by atoms with Crippen LogP contribution in [0, 0.1) is 10.1 Å². The lowest BCUT2D eigenvalue weighted by atomic mass is 10.3. The molecular weight excluding hydrogens is 264 g/mol. The van der Waals surface area contributed by atoms with E-state index in [1.807, 2.05) is 24.3 Å². The lowest BCUT2D eigenvalue weighted by Crippen LogP contribution is -1.93. The van der Waals surface area contributed by atoms with Gasteiger partial charge in [-0.05, 0) is 18.2 Å². The first-order chi connectivity index (χ1) is 9.11. The zero-order valence-corrected chi connectivity index (χ0v) is 11.0. The van der Waals surface area contributed by atoms with Crippen molar-refractivity contribution in [2.45, 2.75) is 9.79 Å². The maximum atomic E-state index is 10.6. The average molecular weight is 276 g/mol. The summed E-state index contributed by atoms with van der Waals surface area (Å²) in [5.41, 5.74) is 6.20. The van der Waals surface area contributed by atoms with Gasteiger partial charge in [0.15, 0.2) is 0 Å². The highest BCUT2D eigenvalue weighted by molar-refractivity contribution is 7.99. The van der Waals surface area contributed by atoms with Gasteiger partial charge in [-0.2, -0.15) is 0 Å². The van der Waals surface area contributed by atoms with E-state index in [1.165, 1.54) is 23.9 Å². The molecule has 2 aromatic carbocycles. The summed E-state index contributed by atoms with van der Waals surface area (Å²) >= 11 is 1.41. The summed E-state index contributed by atoms with van der Waals surface area (Å²) in [6, 6.07) is 12.0. The van der Waals surface area contributed by atoms with E-state index in [1.54, 1.807) is 13.2 Å². The lowest BCUT2D eigenvalue weighted by molar-refractivity contribution is -0.384. The summed E-state index contributed by atoms with van der Waals surface area (Å²) in [6.45, 7) is 0. The number of nitrogens with zero attached hydrogens (tertiary/aromatic N) is 1. The molecule has 0 aliphatic rings. The summed E-state index contributed by atoms with van der Waals surface area (Å²) in [7, 11) is 1.60. The van der Waals surface area contributed by atoms with Crippen molar-refractivity contribution in [2.75, 3.05) is 12.8 Å². The number of non-ortho nitro benzene ring substituents is 1. The van der Waals surface area contributed by atoms with Crippen molar-refractivity contribution in [3.63, 3.8) is 0 Å². The Morgan fingerprint density at radius 3 is 2.58 bits per heavy atom. The Balaban J connectivity index is 2.31. The van der Waals surface area contributed by atoms with Crippen LogP contribution in [-0.4, -0.2) is 12.0 Å².